The molecule has 5 nitrogen and oxygen atoms in total. The van der Waals surface area contributed by atoms with Crippen LogP contribution in [0.5, 0.6) is 0 Å². The van der Waals surface area contributed by atoms with E-state index in [1.165, 1.54) is 0 Å². The lowest BCUT2D eigenvalue weighted by Gasteiger charge is -2.30. The quantitative estimate of drug-likeness (QED) is 0.547. The van der Waals surface area contributed by atoms with Crippen molar-refractivity contribution < 1.29 is 14.7 Å². The Morgan fingerprint density at radius 2 is 1.73 bits per heavy atom. The van der Waals surface area contributed by atoms with E-state index in [1.54, 1.807) is 0 Å². The van der Waals surface area contributed by atoms with E-state index in [9.17, 15) is 9.59 Å². The Balaban J connectivity index is 4.82. The van der Waals surface area contributed by atoms with E-state index in [2.05, 4.69) is 19.2 Å². The minimum Gasteiger partial charge on any atom is -0.481 e. The van der Waals surface area contributed by atoms with Crippen molar-refractivity contribution in [2.24, 2.45) is 23.5 Å². The highest BCUT2D eigenvalue weighted by atomic mass is 16.4. The largest absolute Gasteiger partial charge is 0.481 e. The third kappa shape index (κ3) is 7.25. The van der Waals surface area contributed by atoms with Gasteiger partial charge in [-0.1, -0.05) is 60.3 Å². The molecule has 0 heterocycles. The van der Waals surface area contributed by atoms with Crippen LogP contribution in [0.4, 0.5) is 0 Å². The molecule has 0 aromatic carbocycles. The second-order valence-electron chi connectivity index (χ2n) is 6.60. The molecule has 5 heteroatoms. The second kappa shape index (κ2) is 10.6. The molecule has 1 unspecified atom stereocenters. The summed E-state index contributed by atoms with van der Waals surface area (Å²) in [6.45, 7) is 10.2. The number of nitrogens with one attached hydrogen (secondary N) is 1. The van der Waals surface area contributed by atoms with Gasteiger partial charge in [0.2, 0.25) is 5.91 Å². The number of aliphatic carboxylic acids is 1. The van der Waals surface area contributed by atoms with Gasteiger partial charge in [-0.2, -0.15) is 0 Å². The minimum atomic E-state index is -0.892. The molecule has 5 atom stereocenters. The van der Waals surface area contributed by atoms with Crippen LogP contribution in [-0.4, -0.2) is 29.1 Å². The van der Waals surface area contributed by atoms with Crippen molar-refractivity contribution in [1.82, 2.24) is 5.32 Å². The van der Waals surface area contributed by atoms with E-state index in [4.69, 9.17) is 10.8 Å². The van der Waals surface area contributed by atoms with E-state index >= 15 is 0 Å². The van der Waals surface area contributed by atoms with Gasteiger partial charge in [0.25, 0.3) is 0 Å². The molecule has 0 saturated carbocycles. The van der Waals surface area contributed by atoms with Crippen molar-refractivity contribution in [1.29, 1.82) is 0 Å². The maximum Gasteiger partial charge on any atom is 0.305 e. The van der Waals surface area contributed by atoms with Gasteiger partial charge in [0.05, 0.1) is 12.5 Å². The van der Waals surface area contributed by atoms with Gasteiger partial charge in [0, 0.05) is 6.04 Å². The zero-order valence-corrected chi connectivity index (χ0v) is 14.8. The van der Waals surface area contributed by atoms with Gasteiger partial charge >= 0.3 is 5.97 Å². The smallest absolute Gasteiger partial charge is 0.305 e. The van der Waals surface area contributed by atoms with Crippen LogP contribution in [0.15, 0.2) is 0 Å². The minimum absolute atomic E-state index is 0.0589. The SMILES string of the molecule is CCCC[C@@H](C)[C@@H](C)[C@@H](CC(=O)O)NC(=O)[C@@H](N)C(C)CC. The van der Waals surface area contributed by atoms with Crippen molar-refractivity contribution in [3.8, 4) is 0 Å². The zero-order chi connectivity index (χ0) is 17.3. The Hall–Kier alpha value is -1.10. The zero-order valence-electron chi connectivity index (χ0n) is 14.8. The summed E-state index contributed by atoms with van der Waals surface area (Å²) in [5.41, 5.74) is 5.95. The van der Waals surface area contributed by atoms with Gasteiger partial charge in [-0.15, -0.1) is 0 Å². The topological polar surface area (TPSA) is 92.4 Å². The van der Waals surface area contributed by atoms with Crippen LogP contribution in [0.3, 0.4) is 0 Å². The number of rotatable bonds is 11. The van der Waals surface area contributed by atoms with Crippen LogP contribution in [0.2, 0.25) is 0 Å². The fraction of sp³-hybridized carbons (Fsp3) is 0.882. The number of hydrogen-bond acceptors (Lipinski definition) is 3. The first-order valence-corrected chi connectivity index (χ1v) is 8.52. The summed E-state index contributed by atoms with van der Waals surface area (Å²) in [5, 5.41) is 12.0. The molecule has 0 aliphatic carbocycles. The van der Waals surface area contributed by atoms with Crippen molar-refractivity contribution in [3.63, 3.8) is 0 Å². The molecule has 0 aliphatic heterocycles. The molecule has 0 rings (SSSR count). The van der Waals surface area contributed by atoms with Gasteiger partial charge in [0.15, 0.2) is 0 Å². The first kappa shape index (κ1) is 20.9. The summed E-state index contributed by atoms with van der Waals surface area (Å²) >= 11 is 0. The summed E-state index contributed by atoms with van der Waals surface area (Å²) in [6, 6.07) is -0.952. The molecule has 0 bridgehead atoms. The van der Waals surface area contributed by atoms with Crippen molar-refractivity contribution >= 4 is 11.9 Å². The first-order valence-electron chi connectivity index (χ1n) is 8.52. The van der Waals surface area contributed by atoms with Gasteiger partial charge in [-0.05, 0) is 17.8 Å². The maximum absolute atomic E-state index is 12.2. The van der Waals surface area contributed by atoms with E-state index in [0.29, 0.717) is 5.92 Å². The summed E-state index contributed by atoms with van der Waals surface area (Å²) in [7, 11) is 0. The lowest BCUT2D eigenvalue weighted by molar-refractivity contribution is -0.138. The average molecular weight is 314 g/mol. The predicted molar refractivity (Wildman–Crippen MR) is 89.5 cm³/mol. The third-order valence-electron chi connectivity index (χ3n) is 4.83. The Labute approximate surface area is 135 Å². The molecule has 0 fully saturated rings. The number of carbonyl (C=O) groups excluding carboxylic acids is 1. The molecule has 0 saturated heterocycles. The molecule has 0 aromatic rings. The van der Waals surface area contributed by atoms with Crippen molar-refractivity contribution in [2.75, 3.05) is 0 Å². The lowest BCUT2D eigenvalue weighted by Crippen LogP contribution is -2.51. The fourth-order valence-electron chi connectivity index (χ4n) is 2.53. The van der Waals surface area contributed by atoms with E-state index in [0.717, 1.165) is 25.7 Å². The highest BCUT2D eigenvalue weighted by Gasteiger charge is 2.29. The van der Waals surface area contributed by atoms with E-state index in [1.807, 2.05) is 20.8 Å². The number of amides is 1. The predicted octanol–water partition coefficient (Wildman–Crippen LogP) is 2.78. The van der Waals surface area contributed by atoms with Gasteiger partial charge in [-0.3, -0.25) is 9.59 Å². The van der Waals surface area contributed by atoms with E-state index in [-0.39, 0.29) is 30.2 Å². The highest BCUT2D eigenvalue weighted by molar-refractivity contribution is 5.82. The van der Waals surface area contributed by atoms with Crippen molar-refractivity contribution in [2.45, 2.75) is 78.8 Å². The van der Waals surface area contributed by atoms with Crippen LogP contribution in [0.25, 0.3) is 0 Å². The van der Waals surface area contributed by atoms with Crippen LogP contribution < -0.4 is 11.1 Å². The van der Waals surface area contributed by atoms with Crippen LogP contribution >= 0.6 is 0 Å². The Morgan fingerprint density at radius 1 is 1.14 bits per heavy atom. The van der Waals surface area contributed by atoms with Crippen LogP contribution in [0, 0.1) is 17.8 Å². The maximum atomic E-state index is 12.2. The Kier molecular flexibility index (Phi) is 10.1. The molecular weight excluding hydrogens is 280 g/mol. The Bertz CT molecular complexity index is 347. The number of hydrogen-bond donors (Lipinski definition) is 3. The first-order chi connectivity index (χ1) is 10.2. The molecule has 4 N–H and O–H groups in total. The van der Waals surface area contributed by atoms with Gasteiger partial charge in [0.1, 0.15) is 0 Å². The molecule has 130 valence electrons. The van der Waals surface area contributed by atoms with Crippen molar-refractivity contribution in [3.05, 3.63) is 0 Å². The fourth-order valence-corrected chi connectivity index (χ4v) is 2.53. The summed E-state index contributed by atoms with van der Waals surface area (Å²) in [4.78, 5) is 23.4. The number of carboxylic acids is 1. The lowest BCUT2D eigenvalue weighted by atomic mass is 9.83. The molecule has 0 radical (unpaired) electrons. The van der Waals surface area contributed by atoms with Crippen LogP contribution in [0.1, 0.15) is 66.7 Å². The summed E-state index contributed by atoms with van der Waals surface area (Å²) in [6.07, 6.45) is 4.04. The van der Waals surface area contributed by atoms with E-state index < -0.39 is 12.0 Å². The molecule has 22 heavy (non-hydrogen) atoms. The monoisotopic (exact) mass is 314 g/mol. The summed E-state index contributed by atoms with van der Waals surface area (Å²) in [5.74, 6) is -0.578. The normalized spacial score (nSPS) is 18.1. The average Bonchev–Trinajstić information content (AvgIpc) is 2.48. The number of carbonyl (C=O) groups is 2. The molecule has 1 amide bonds. The van der Waals surface area contributed by atoms with Gasteiger partial charge in [-0.25, -0.2) is 0 Å². The molecule has 0 spiro atoms. The molecule has 0 aromatic heterocycles. The Morgan fingerprint density at radius 3 is 2.18 bits per heavy atom. The van der Waals surface area contributed by atoms with Gasteiger partial charge < -0.3 is 16.2 Å². The number of unbranched alkanes of at least 4 members (excludes halogenated alkanes) is 1. The molecular formula is C17H34N2O3. The standard InChI is InChI=1S/C17H34N2O3/c1-6-8-9-12(4)13(5)14(10-15(20)21)19-17(22)16(18)11(3)7-2/h11-14,16H,6-10,18H2,1-5H3,(H,19,22)(H,20,21)/t11?,12-,13-,14-,16+/m1/s1. The number of carboxylic acid groups (broad SMARTS) is 1. The molecule has 0 aliphatic rings. The second-order valence-corrected chi connectivity index (χ2v) is 6.60. The highest BCUT2D eigenvalue weighted by Crippen LogP contribution is 2.23. The van der Waals surface area contributed by atoms with Crippen LogP contribution in [-0.2, 0) is 9.59 Å². The third-order valence-corrected chi connectivity index (χ3v) is 4.83. The number of nitrogens with two attached hydrogens (primary N) is 1. The summed E-state index contributed by atoms with van der Waals surface area (Å²) < 4.78 is 0.